The van der Waals surface area contributed by atoms with Gasteiger partial charge >= 0.3 is 0 Å². The minimum atomic E-state index is 0.0457. The van der Waals surface area contributed by atoms with Gasteiger partial charge in [-0.2, -0.15) is 0 Å². The molecule has 2 atom stereocenters. The lowest BCUT2D eigenvalue weighted by atomic mass is 9.84. The van der Waals surface area contributed by atoms with Crippen molar-refractivity contribution in [2.75, 3.05) is 20.2 Å². The van der Waals surface area contributed by atoms with Crippen LogP contribution in [-0.4, -0.2) is 46.3 Å². The number of aromatic nitrogens is 2. The van der Waals surface area contributed by atoms with Crippen molar-refractivity contribution in [3.8, 4) is 0 Å². The molecule has 114 valence electrons. The minimum absolute atomic E-state index is 0.0457. The van der Waals surface area contributed by atoms with Crippen LogP contribution in [0.5, 0.6) is 0 Å². The van der Waals surface area contributed by atoms with E-state index in [2.05, 4.69) is 28.4 Å². The van der Waals surface area contributed by atoms with Crippen molar-refractivity contribution in [3.63, 3.8) is 0 Å². The molecule has 2 unspecified atom stereocenters. The molecule has 2 N–H and O–H groups in total. The molecule has 5 nitrogen and oxygen atoms in total. The van der Waals surface area contributed by atoms with Crippen molar-refractivity contribution >= 4 is 0 Å². The Morgan fingerprint density at radius 2 is 2.40 bits per heavy atom. The molecule has 2 rings (SSSR count). The average molecular weight is 280 g/mol. The van der Waals surface area contributed by atoms with Crippen molar-refractivity contribution < 1.29 is 4.74 Å². The van der Waals surface area contributed by atoms with Crippen LogP contribution in [0.3, 0.4) is 0 Å². The Labute approximate surface area is 122 Å². The molecular formula is C15H28N4O. The zero-order chi connectivity index (χ0) is 14.6. The molecular weight excluding hydrogens is 252 g/mol. The summed E-state index contributed by atoms with van der Waals surface area (Å²) in [4.78, 5) is 6.80. The predicted octanol–water partition coefficient (Wildman–Crippen LogP) is 1.53. The number of imidazole rings is 1. The summed E-state index contributed by atoms with van der Waals surface area (Å²) in [6.45, 7) is 4.53. The summed E-state index contributed by atoms with van der Waals surface area (Å²) < 4.78 is 7.95. The summed E-state index contributed by atoms with van der Waals surface area (Å²) in [6.07, 6.45) is 8.50. The van der Waals surface area contributed by atoms with Crippen molar-refractivity contribution in [2.45, 2.75) is 50.8 Å². The smallest absolute Gasteiger partial charge is 0.122 e. The van der Waals surface area contributed by atoms with E-state index < -0.39 is 0 Å². The molecule has 0 radical (unpaired) electrons. The molecule has 1 fully saturated rings. The van der Waals surface area contributed by atoms with Gasteiger partial charge in [0.25, 0.3) is 0 Å². The number of nitrogens with two attached hydrogens (primary N) is 1. The Bertz CT molecular complexity index is 418. The summed E-state index contributed by atoms with van der Waals surface area (Å²) in [6, 6.07) is 0. The highest BCUT2D eigenvalue weighted by Gasteiger charge is 2.39. The topological polar surface area (TPSA) is 56.3 Å². The van der Waals surface area contributed by atoms with Crippen LogP contribution in [0.4, 0.5) is 0 Å². The predicted molar refractivity (Wildman–Crippen MR) is 80.3 cm³/mol. The van der Waals surface area contributed by atoms with E-state index in [9.17, 15) is 0 Å². The van der Waals surface area contributed by atoms with E-state index in [0.717, 1.165) is 44.7 Å². The highest BCUT2D eigenvalue weighted by molar-refractivity contribution is 4.99. The normalized spacial score (nSPS) is 27.1. The van der Waals surface area contributed by atoms with Crippen molar-refractivity contribution in [1.82, 2.24) is 14.5 Å². The molecule has 0 spiro atoms. The second kappa shape index (κ2) is 6.70. The van der Waals surface area contributed by atoms with Crippen LogP contribution < -0.4 is 5.73 Å². The maximum Gasteiger partial charge on any atom is 0.122 e. The molecule has 0 aromatic carbocycles. The summed E-state index contributed by atoms with van der Waals surface area (Å²) in [5, 5.41) is 0. The molecule has 0 saturated carbocycles. The zero-order valence-electron chi connectivity index (χ0n) is 13.0. The van der Waals surface area contributed by atoms with Crippen LogP contribution in [0.15, 0.2) is 12.4 Å². The second-order valence-electron chi connectivity index (χ2n) is 5.97. The lowest BCUT2D eigenvalue weighted by Crippen LogP contribution is -2.57. The van der Waals surface area contributed by atoms with E-state index in [4.69, 9.17) is 10.5 Å². The fraction of sp³-hybridized carbons (Fsp3) is 0.800. The first kappa shape index (κ1) is 15.5. The Kier molecular flexibility index (Phi) is 5.18. The van der Waals surface area contributed by atoms with E-state index in [1.807, 2.05) is 19.4 Å². The summed E-state index contributed by atoms with van der Waals surface area (Å²) >= 11 is 0. The van der Waals surface area contributed by atoms with Crippen LogP contribution >= 0.6 is 0 Å². The average Bonchev–Trinajstić information content (AvgIpc) is 2.85. The third-order valence-corrected chi connectivity index (χ3v) is 4.63. The maximum absolute atomic E-state index is 6.14. The SMILES string of the molecule is CCCC1CC(CN)(N(C)Cc2nccn2C)CCO1. The zero-order valence-corrected chi connectivity index (χ0v) is 13.0. The third kappa shape index (κ3) is 3.22. The van der Waals surface area contributed by atoms with Crippen LogP contribution in [-0.2, 0) is 18.3 Å². The summed E-state index contributed by atoms with van der Waals surface area (Å²) in [7, 11) is 4.20. The number of aryl methyl sites for hydroxylation is 1. The lowest BCUT2D eigenvalue weighted by Gasteiger charge is -2.46. The van der Waals surface area contributed by atoms with Gasteiger partial charge in [0.1, 0.15) is 5.82 Å². The number of ether oxygens (including phenoxy) is 1. The van der Waals surface area contributed by atoms with E-state index in [-0.39, 0.29) is 5.54 Å². The van der Waals surface area contributed by atoms with Gasteiger partial charge in [-0.1, -0.05) is 13.3 Å². The number of nitrogens with zero attached hydrogens (tertiary/aromatic N) is 3. The molecule has 20 heavy (non-hydrogen) atoms. The fourth-order valence-electron chi connectivity index (χ4n) is 3.12. The van der Waals surface area contributed by atoms with E-state index in [1.165, 1.54) is 0 Å². The monoisotopic (exact) mass is 280 g/mol. The molecule has 1 aromatic rings. The van der Waals surface area contributed by atoms with E-state index in [1.54, 1.807) is 0 Å². The Morgan fingerprint density at radius 3 is 3.00 bits per heavy atom. The molecule has 1 aliphatic rings. The van der Waals surface area contributed by atoms with Gasteiger partial charge in [-0.15, -0.1) is 0 Å². The van der Waals surface area contributed by atoms with Crippen molar-refractivity contribution in [1.29, 1.82) is 0 Å². The minimum Gasteiger partial charge on any atom is -0.378 e. The van der Waals surface area contributed by atoms with Crippen LogP contribution in [0.25, 0.3) is 0 Å². The molecule has 0 aliphatic carbocycles. The Balaban J connectivity index is 2.07. The van der Waals surface area contributed by atoms with Gasteiger partial charge in [0, 0.05) is 38.1 Å². The van der Waals surface area contributed by atoms with Gasteiger partial charge in [0.05, 0.1) is 12.6 Å². The quantitative estimate of drug-likeness (QED) is 0.858. The largest absolute Gasteiger partial charge is 0.378 e. The molecule has 1 aliphatic heterocycles. The van der Waals surface area contributed by atoms with E-state index >= 15 is 0 Å². The summed E-state index contributed by atoms with van der Waals surface area (Å²) in [5.41, 5.74) is 6.19. The molecule has 2 heterocycles. The molecule has 0 amide bonds. The second-order valence-corrected chi connectivity index (χ2v) is 5.97. The van der Waals surface area contributed by atoms with Crippen LogP contribution in [0.1, 0.15) is 38.4 Å². The lowest BCUT2D eigenvalue weighted by molar-refractivity contribution is -0.0697. The van der Waals surface area contributed by atoms with Gasteiger partial charge in [0.15, 0.2) is 0 Å². The first-order valence-corrected chi connectivity index (χ1v) is 7.60. The third-order valence-electron chi connectivity index (χ3n) is 4.63. The molecule has 1 saturated heterocycles. The Morgan fingerprint density at radius 1 is 1.60 bits per heavy atom. The summed E-state index contributed by atoms with van der Waals surface area (Å²) in [5.74, 6) is 1.08. The number of likely N-dealkylation sites (N-methyl/N-ethyl adjacent to an activating group) is 1. The molecule has 1 aromatic heterocycles. The molecule has 5 heteroatoms. The highest BCUT2D eigenvalue weighted by Crippen LogP contribution is 2.31. The first-order chi connectivity index (χ1) is 9.61. The fourth-order valence-corrected chi connectivity index (χ4v) is 3.12. The maximum atomic E-state index is 6.14. The van der Waals surface area contributed by atoms with E-state index in [0.29, 0.717) is 12.6 Å². The first-order valence-electron chi connectivity index (χ1n) is 7.60. The van der Waals surface area contributed by atoms with Crippen molar-refractivity contribution in [3.05, 3.63) is 18.2 Å². The van der Waals surface area contributed by atoms with Gasteiger partial charge < -0.3 is 15.0 Å². The van der Waals surface area contributed by atoms with Crippen LogP contribution in [0.2, 0.25) is 0 Å². The van der Waals surface area contributed by atoms with Crippen molar-refractivity contribution in [2.24, 2.45) is 12.8 Å². The number of hydrogen-bond donors (Lipinski definition) is 1. The van der Waals surface area contributed by atoms with Crippen LogP contribution in [0, 0.1) is 0 Å². The molecule has 0 bridgehead atoms. The van der Waals surface area contributed by atoms with Gasteiger partial charge in [-0.3, -0.25) is 4.90 Å². The van der Waals surface area contributed by atoms with Gasteiger partial charge in [-0.25, -0.2) is 4.98 Å². The van der Waals surface area contributed by atoms with Gasteiger partial charge in [-0.05, 0) is 26.3 Å². The van der Waals surface area contributed by atoms with Gasteiger partial charge in [0.2, 0.25) is 0 Å². The Hall–Kier alpha value is -0.910. The number of rotatable bonds is 6. The number of hydrogen-bond acceptors (Lipinski definition) is 4. The highest BCUT2D eigenvalue weighted by atomic mass is 16.5. The standard InChI is InChI=1S/C15H28N4O/c1-4-5-13-10-15(12-16,6-9-20-13)19(3)11-14-17-7-8-18(14)2/h7-8,13H,4-6,9-12,16H2,1-3H3.